The summed E-state index contributed by atoms with van der Waals surface area (Å²) in [6.45, 7) is 4.71. The average Bonchev–Trinajstić information content (AvgIpc) is 2.69. The van der Waals surface area contributed by atoms with Gasteiger partial charge < -0.3 is 15.9 Å². The van der Waals surface area contributed by atoms with E-state index in [0.717, 1.165) is 25.7 Å². The molecule has 0 saturated carbocycles. The van der Waals surface area contributed by atoms with Crippen molar-refractivity contribution in [1.82, 2.24) is 10.8 Å². The second-order valence-corrected chi connectivity index (χ2v) is 7.26. The number of guanidine groups is 1. The molecule has 0 saturated heterocycles. The third-order valence-corrected chi connectivity index (χ3v) is 4.50. The van der Waals surface area contributed by atoms with Gasteiger partial charge in [0.05, 0.1) is 0 Å². The van der Waals surface area contributed by atoms with Gasteiger partial charge in [-0.05, 0) is 12.8 Å². The van der Waals surface area contributed by atoms with E-state index in [9.17, 15) is 9.59 Å². The van der Waals surface area contributed by atoms with Crippen LogP contribution in [-0.4, -0.2) is 30.9 Å². The Morgan fingerprint density at radius 2 is 1.36 bits per heavy atom. The number of hydrogen-bond donors (Lipinski definition) is 3. The van der Waals surface area contributed by atoms with E-state index in [2.05, 4.69) is 29.6 Å². The molecule has 28 heavy (non-hydrogen) atoms. The lowest BCUT2D eigenvalue weighted by Crippen LogP contribution is -2.38. The Balaban J connectivity index is 3.47. The fraction of sp³-hybridized carbons (Fsp3) is 0.857. The lowest BCUT2D eigenvalue weighted by Gasteiger charge is -2.07. The smallest absolute Gasteiger partial charge is 0.351 e. The molecule has 0 radical (unpaired) electrons. The highest BCUT2D eigenvalue weighted by Gasteiger charge is 2.07. The molecule has 0 heterocycles. The van der Waals surface area contributed by atoms with E-state index in [-0.39, 0.29) is 18.4 Å². The highest BCUT2D eigenvalue weighted by Crippen LogP contribution is 2.11. The second-order valence-electron chi connectivity index (χ2n) is 7.26. The molecular weight excluding hydrogens is 356 g/mol. The van der Waals surface area contributed by atoms with Crippen LogP contribution in [0, 0.1) is 0 Å². The second kappa shape index (κ2) is 20.0. The van der Waals surface area contributed by atoms with Crippen LogP contribution in [0.5, 0.6) is 0 Å². The molecule has 0 aliphatic carbocycles. The van der Waals surface area contributed by atoms with Gasteiger partial charge in [0.1, 0.15) is 6.54 Å². The summed E-state index contributed by atoms with van der Waals surface area (Å²) >= 11 is 0. The number of unbranched alkanes of at least 4 members (excludes halogenated alkanes) is 11. The summed E-state index contributed by atoms with van der Waals surface area (Å²) in [5, 5.41) is 2.56. The van der Waals surface area contributed by atoms with Crippen molar-refractivity contribution in [2.45, 2.75) is 104 Å². The van der Waals surface area contributed by atoms with Crippen LogP contribution in [0.3, 0.4) is 0 Å². The van der Waals surface area contributed by atoms with Crippen molar-refractivity contribution >= 4 is 17.8 Å². The van der Waals surface area contributed by atoms with Crippen molar-refractivity contribution in [2.75, 3.05) is 13.1 Å². The zero-order valence-corrected chi connectivity index (χ0v) is 18.1. The van der Waals surface area contributed by atoms with Crippen LogP contribution in [0.2, 0.25) is 0 Å². The minimum absolute atomic E-state index is 0.0640. The number of hydroxylamine groups is 1. The molecule has 164 valence electrons. The molecule has 0 unspecified atom stereocenters. The standard InChI is InChI=1S/C21H42N4O3/c1-3-5-7-8-9-10-11-12-13-14-15-16-19(26)24-18-20(27)28-25-21(22)23-17-6-4-2/h3-18H2,1-2H3,(H,24,26)(H3,22,23,25). The summed E-state index contributed by atoms with van der Waals surface area (Å²) in [4.78, 5) is 32.0. The minimum Gasteiger partial charge on any atom is -0.368 e. The number of nitrogens with one attached hydrogen (secondary N) is 2. The van der Waals surface area contributed by atoms with Crippen molar-refractivity contribution in [3.8, 4) is 0 Å². The predicted molar refractivity (Wildman–Crippen MR) is 115 cm³/mol. The van der Waals surface area contributed by atoms with Crippen molar-refractivity contribution in [1.29, 1.82) is 0 Å². The molecule has 1 amide bonds. The number of carbonyl (C=O) groups excluding carboxylic acids is 2. The van der Waals surface area contributed by atoms with Gasteiger partial charge in [0.15, 0.2) is 0 Å². The Kier molecular flexibility index (Phi) is 18.7. The fourth-order valence-corrected chi connectivity index (χ4v) is 2.74. The van der Waals surface area contributed by atoms with Gasteiger partial charge in [-0.1, -0.05) is 84.5 Å². The first-order valence-electron chi connectivity index (χ1n) is 11.1. The van der Waals surface area contributed by atoms with Crippen molar-refractivity contribution in [2.24, 2.45) is 10.7 Å². The molecule has 0 aromatic carbocycles. The highest BCUT2D eigenvalue weighted by molar-refractivity contribution is 5.83. The number of amides is 1. The maximum Gasteiger partial charge on any atom is 0.351 e. The Bertz CT molecular complexity index is 428. The summed E-state index contributed by atoms with van der Waals surface area (Å²) in [6.07, 6.45) is 16.1. The predicted octanol–water partition coefficient (Wildman–Crippen LogP) is 3.97. The topological polar surface area (TPSA) is 106 Å². The summed E-state index contributed by atoms with van der Waals surface area (Å²) in [6, 6.07) is 0. The zero-order valence-electron chi connectivity index (χ0n) is 18.1. The molecule has 0 spiro atoms. The third-order valence-electron chi connectivity index (χ3n) is 4.50. The van der Waals surface area contributed by atoms with Crippen LogP contribution in [0.1, 0.15) is 104 Å². The normalized spacial score (nSPS) is 11.3. The molecule has 4 N–H and O–H groups in total. The summed E-state index contributed by atoms with van der Waals surface area (Å²) in [7, 11) is 0. The molecular formula is C21H42N4O3. The number of nitrogens with zero attached hydrogens (tertiary/aromatic N) is 1. The van der Waals surface area contributed by atoms with Gasteiger partial charge in [-0.15, -0.1) is 0 Å². The van der Waals surface area contributed by atoms with E-state index in [0.29, 0.717) is 13.0 Å². The number of nitrogens with two attached hydrogens (primary N) is 1. The number of rotatable bonds is 17. The number of aliphatic imine (C=N–C) groups is 1. The lowest BCUT2D eigenvalue weighted by molar-refractivity contribution is -0.147. The SMILES string of the molecule is CCCCCCCCCCCCCC(=O)NCC(=O)ONC(N)=NCCCC. The molecule has 0 aliphatic rings. The van der Waals surface area contributed by atoms with Crippen LogP contribution < -0.4 is 16.5 Å². The van der Waals surface area contributed by atoms with E-state index < -0.39 is 5.97 Å². The quantitative estimate of drug-likeness (QED) is 0.149. The molecule has 0 aromatic heterocycles. The first-order valence-corrected chi connectivity index (χ1v) is 11.1. The van der Waals surface area contributed by atoms with E-state index >= 15 is 0 Å². The first kappa shape index (κ1) is 26.2. The molecule has 0 aromatic rings. The molecule has 7 nitrogen and oxygen atoms in total. The summed E-state index contributed by atoms with van der Waals surface area (Å²) < 4.78 is 0. The fourth-order valence-electron chi connectivity index (χ4n) is 2.74. The van der Waals surface area contributed by atoms with E-state index in [1.807, 2.05) is 0 Å². The Hall–Kier alpha value is -1.79. The van der Waals surface area contributed by atoms with Gasteiger partial charge in [0, 0.05) is 13.0 Å². The maximum atomic E-state index is 11.7. The van der Waals surface area contributed by atoms with Gasteiger partial charge in [-0.2, -0.15) is 5.48 Å². The van der Waals surface area contributed by atoms with Crippen LogP contribution in [0.15, 0.2) is 4.99 Å². The van der Waals surface area contributed by atoms with E-state index in [1.54, 1.807) is 0 Å². The van der Waals surface area contributed by atoms with Gasteiger partial charge in [-0.25, -0.2) is 4.79 Å². The van der Waals surface area contributed by atoms with Crippen molar-refractivity contribution in [3.63, 3.8) is 0 Å². The van der Waals surface area contributed by atoms with Gasteiger partial charge in [-0.3, -0.25) is 9.79 Å². The third kappa shape index (κ3) is 19.0. The minimum atomic E-state index is -0.596. The molecule has 7 heteroatoms. The Morgan fingerprint density at radius 1 is 0.821 bits per heavy atom. The molecule has 0 fully saturated rings. The average molecular weight is 399 g/mol. The van der Waals surface area contributed by atoms with Crippen molar-refractivity contribution in [3.05, 3.63) is 0 Å². The van der Waals surface area contributed by atoms with Crippen LogP contribution >= 0.6 is 0 Å². The van der Waals surface area contributed by atoms with Crippen LogP contribution in [0.4, 0.5) is 0 Å². The number of hydrogen-bond acceptors (Lipinski definition) is 4. The maximum absolute atomic E-state index is 11.7. The Morgan fingerprint density at radius 3 is 1.93 bits per heavy atom. The van der Waals surface area contributed by atoms with E-state index in [1.165, 1.54) is 57.8 Å². The van der Waals surface area contributed by atoms with Crippen LogP contribution in [-0.2, 0) is 14.4 Å². The zero-order chi connectivity index (χ0) is 20.9. The summed E-state index contributed by atoms with van der Waals surface area (Å²) in [5.41, 5.74) is 7.83. The summed E-state index contributed by atoms with van der Waals surface area (Å²) in [5.74, 6) is -0.660. The van der Waals surface area contributed by atoms with Gasteiger partial charge in [0.25, 0.3) is 0 Å². The largest absolute Gasteiger partial charge is 0.368 e. The van der Waals surface area contributed by atoms with Gasteiger partial charge >= 0.3 is 5.97 Å². The number of carbonyl (C=O) groups is 2. The molecule has 0 rings (SSSR count). The van der Waals surface area contributed by atoms with Crippen molar-refractivity contribution < 1.29 is 14.4 Å². The molecule has 0 bridgehead atoms. The lowest BCUT2D eigenvalue weighted by atomic mass is 10.1. The van der Waals surface area contributed by atoms with E-state index in [4.69, 9.17) is 10.6 Å². The van der Waals surface area contributed by atoms with Gasteiger partial charge in [0.2, 0.25) is 11.9 Å². The molecule has 0 aliphatic heterocycles. The first-order chi connectivity index (χ1) is 13.6. The highest BCUT2D eigenvalue weighted by atomic mass is 16.7. The molecule has 0 atom stereocenters. The Labute approximate surface area is 171 Å². The monoisotopic (exact) mass is 398 g/mol. The van der Waals surface area contributed by atoms with Crippen LogP contribution in [0.25, 0.3) is 0 Å².